The van der Waals surface area contributed by atoms with Gasteiger partial charge in [0.15, 0.2) is 5.78 Å². The predicted octanol–water partition coefficient (Wildman–Crippen LogP) is 2.11. The molecular weight excluding hydrogens is 202 g/mol. The SMILES string of the molecule is COCC(=O)CCc1cc(F)cc(F)c1. The fraction of sp³-hybridized carbons (Fsp3) is 0.364. The van der Waals surface area contributed by atoms with E-state index in [0.29, 0.717) is 12.0 Å². The molecule has 1 aromatic rings. The van der Waals surface area contributed by atoms with Crippen molar-refractivity contribution in [1.82, 2.24) is 0 Å². The van der Waals surface area contributed by atoms with Gasteiger partial charge in [-0.15, -0.1) is 0 Å². The number of Topliss-reactive ketones (excluding diaryl/α,β-unsaturated/α-hetero) is 1. The number of benzene rings is 1. The minimum absolute atomic E-state index is 0.0395. The number of ketones is 1. The van der Waals surface area contributed by atoms with Crippen LogP contribution in [0, 0.1) is 11.6 Å². The van der Waals surface area contributed by atoms with Crippen molar-refractivity contribution >= 4 is 5.78 Å². The zero-order valence-corrected chi connectivity index (χ0v) is 8.43. The van der Waals surface area contributed by atoms with E-state index in [2.05, 4.69) is 4.74 Å². The Bertz CT molecular complexity index is 330. The van der Waals surface area contributed by atoms with Crippen molar-refractivity contribution < 1.29 is 18.3 Å². The lowest BCUT2D eigenvalue weighted by atomic mass is 10.1. The smallest absolute Gasteiger partial charge is 0.158 e. The van der Waals surface area contributed by atoms with Crippen LogP contribution in [-0.4, -0.2) is 19.5 Å². The largest absolute Gasteiger partial charge is 0.377 e. The van der Waals surface area contributed by atoms with E-state index < -0.39 is 11.6 Å². The van der Waals surface area contributed by atoms with Crippen LogP contribution in [0.25, 0.3) is 0 Å². The van der Waals surface area contributed by atoms with Crippen molar-refractivity contribution in [3.63, 3.8) is 0 Å². The van der Waals surface area contributed by atoms with E-state index >= 15 is 0 Å². The fourth-order valence-corrected chi connectivity index (χ4v) is 1.27. The lowest BCUT2D eigenvalue weighted by molar-refractivity contribution is -0.122. The van der Waals surface area contributed by atoms with E-state index in [4.69, 9.17) is 0 Å². The molecule has 1 aromatic carbocycles. The highest BCUT2D eigenvalue weighted by Gasteiger charge is 2.04. The predicted molar refractivity (Wildman–Crippen MR) is 51.6 cm³/mol. The Morgan fingerprint density at radius 3 is 2.40 bits per heavy atom. The maximum absolute atomic E-state index is 12.8. The van der Waals surface area contributed by atoms with Gasteiger partial charge >= 0.3 is 0 Å². The average Bonchev–Trinajstić information content (AvgIpc) is 2.14. The number of hydrogen-bond donors (Lipinski definition) is 0. The van der Waals surface area contributed by atoms with Crippen molar-refractivity contribution in [3.8, 4) is 0 Å². The molecule has 0 fully saturated rings. The summed E-state index contributed by atoms with van der Waals surface area (Å²) in [5.74, 6) is -1.32. The molecule has 0 saturated carbocycles. The monoisotopic (exact) mass is 214 g/mol. The lowest BCUT2D eigenvalue weighted by Crippen LogP contribution is -2.07. The molecule has 1 rings (SSSR count). The first-order valence-corrected chi connectivity index (χ1v) is 4.57. The molecule has 0 unspecified atom stereocenters. The molecule has 0 saturated heterocycles. The van der Waals surface area contributed by atoms with E-state index in [1.807, 2.05) is 0 Å². The summed E-state index contributed by atoms with van der Waals surface area (Å²) in [7, 11) is 1.43. The first-order valence-electron chi connectivity index (χ1n) is 4.57. The summed E-state index contributed by atoms with van der Waals surface area (Å²) in [5, 5.41) is 0. The van der Waals surface area contributed by atoms with Gasteiger partial charge in [-0.1, -0.05) is 0 Å². The second-order valence-electron chi connectivity index (χ2n) is 3.25. The number of ether oxygens (including phenoxy) is 1. The number of carbonyl (C=O) groups excluding carboxylic acids is 1. The third kappa shape index (κ3) is 4.16. The van der Waals surface area contributed by atoms with E-state index in [1.165, 1.54) is 19.2 Å². The number of hydrogen-bond acceptors (Lipinski definition) is 2. The molecule has 0 aliphatic heterocycles. The maximum atomic E-state index is 12.8. The van der Waals surface area contributed by atoms with E-state index in [-0.39, 0.29) is 18.8 Å². The molecule has 0 radical (unpaired) electrons. The van der Waals surface area contributed by atoms with Crippen molar-refractivity contribution in [2.24, 2.45) is 0 Å². The van der Waals surface area contributed by atoms with Gasteiger partial charge in [-0.25, -0.2) is 8.78 Å². The van der Waals surface area contributed by atoms with Gasteiger partial charge in [0, 0.05) is 19.6 Å². The van der Waals surface area contributed by atoms with E-state index in [9.17, 15) is 13.6 Å². The molecule has 82 valence electrons. The Balaban J connectivity index is 2.54. The Hall–Kier alpha value is -1.29. The zero-order chi connectivity index (χ0) is 11.3. The van der Waals surface area contributed by atoms with Crippen LogP contribution < -0.4 is 0 Å². The molecule has 0 aromatic heterocycles. The summed E-state index contributed by atoms with van der Waals surface area (Å²) in [6.07, 6.45) is 0.563. The van der Waals surface area contributed by atoms with Crippen LogP contribution >= 0.6 is 0 Å². The standard InChI is InChI=1S/C11H12F2O2/c1-15-7-11(14)3-2-8-4-9(12)6-10(13)5-8/h4-6H,2-3,7H2,1H3. The Morgan fingerprint density at radius 1 is 1.27 bits per heavy atom. The van der Waals surface area contributed by atoms with Crippen LogP contribution in [0.15, 0.2) is 18.2 Å². The van der Waals surface area contributed by atoms with Crippen LogP contribution in [-0.2, 0) is 16.0 Å². The third-order valence-corrected chi connectivity index (χ3v) is 1.92. The first kappa shape index (κ1) is 11.8. The Labute approximate surface area is 86.9 Å². The fourth-order valence-electron chi connectivity index (χ4n) is 1.27. The van der Waals surface area contributed by atoms with Crippen LogP contribution in [0.2, 0.25) is 0 Å². The minimum atomic E-state index is -0.621. The van der Waals surface area contributed by atoms with Crippen molar-refractivity contribution in [2.75, 3.05) is 13.7 Å². The molecule has 0 bridgehead atoms. The zero-order valence-electron chi connectivity index (χ0n) is 8.43. The highest BCUT2D eigenvalue weighted by Crippen LogP contribution is 2.10. The summed E-state index contributed by atoms with van der Waals surface area (Å²) in [6, 6.07) is 3.26. The Morgan fingerprint density at radius 2 is 1.87 bits per heavy atom. The maximum Gasteiger partial charge on any atom is 0.158 e. The molecular formula is C11H12F2O2. The summed E-state index contributed by atoms with van der Waals surface area (Å²) in [6.45, 7) is 0.0395. The van der Waals surface area contributed by atoms with Gasteiger partial charge in [-0.05, 0) is 24.1 Å². The van der Waals surface area contributed by atoms with Gasteiger partial charge in [0.2, 0.25) is 0 Å². The van der Waals surface area contributed by atoms with Crippen LogP contribution in [0.4, 0.5) is 8.78 Å². The molecule has 2 nitrogen and oxygen atoms in total. The average molecular weight is 214 g/mol. The molecule has 0 atom stereocenters. The molecule has 0 N–H and O–H groups in total. The van der Waals surface area contributed by atoms with Crippen LogP contribution in [0.3, 0.4) is 0 Å². The lowest BCUT2D eigenvalue weighted by Gasteiger charge is -2.01. The van der Waals surface area contributed by atoms with Gasteiger partial charge in [-0.3, -0.25) is 4.79 Å². The van der Waals surface area contributed by atoms with Gasteiger partial charge in [0.25, 0.3) is 0 Å². The molecule has 0 aliphatic rings. The summed E-state index contributed by atoms with van der Waals surface area (Å²) in [5.41, 5.74) is 0.483. The van der Waals surface area contributed by atoms with Crippen molar-refractivity contribution in [3.05, 3.63) is 35.4 Å². The third-order valence-electron chi connectivity index (χ3n) is 1.92. The second kappa shape index (κ2) is 5.56. The van der Waals surface area contributed by atoms with Crippen molar-refractivity contribution in [2.45, 2.75) is 12.8 Å². The van der Waals surface area contributed by atoms with Crippen molar-refractivity contribution in [1.29, 1.82) is 0 Å². The number of methoxy groups -OCH3 is 1. The van der Waals surface area contributed by atoms with Crippen LogP contribution in [0.5, 0.6) is 0 Å². The summed E-state index contributed by atoms with van der Waals surface area (Å²) in [4.78, 5) is 11.1. The molecule has 4 heteroatoms. The molecule has 0 aliphatic carbocycles. The first-order chi connectivity index (χ1) is 7.11. The quantitative estimate of drug-likeness (QED) is 0.750. The van der Waals surface area contributed by atoms with E-state index in [0.717, 1.165) is 6.07 Å². The van der Waals surface area contributed by atoms with Gasteiger partial charge in [0.1, 0.15) is 18.2 Å². The molecule has 0 amide bonds. The van der Waals surface area contributed by atoms with Gasteiger partial charge in [-0.2, -0.15) is 0 Å². The van der Waals surface area contributed by atoms with Gasteiger partial charge < -0.3 is 4.74 Å². The number of aryl methyl sites for hydroxylation is 1. The second-order valence-corrected chi connectivity index (χ2v) is 3.25. The number of halogens is 2. The van der Waals surface area contributed by atoms with Gasteiger partial charge in [0.05, 0.1) is 0 Å². The highest BCUT2D eigenvalue weighted by molar-refractivity contribution is 5.79. The minimum Gasteiger partial charge on any atom is -0.377 e. The number of rotatable bonds is 5. The summed E-state index contributed by atoms with van der Waals surface area (Å²) >= 11 is 0. The molecule has 0 spiro atoms. The molecule has 0 heterocycles. The topological polar surface area (TPSA) is 26.3 Å². The van der Waals surface area contributed by atoms with E-state index in [1.54, 1.807) is 0 Å². The van der Waals surface area contributed by atoms with Crippen LogP contribution in [0.1, 0.15) is 12.0 Å². The highest BCUT2D eigenvalue weighted by atomic mass is 19.1. The summed E-state index contributed by atoms with van der Waals surface area (Å²) < 4.78 is 30.1. The Kier molecular flexibility index (Phi) is 4.37. The molecule has 15 heavy (non-hydrogen) atoms. The normalized spacial score (nSPS) is 10.3. The number of carbonyl (C=O) groups is 1.